The lowest BCUT2D eigenvalue weighted by molar-refractivity contribution is 0.522. The molecule has 1 fully saturated rings. The molecule has 3 unspecified atom stereocenters. The molecule has 1 N–H and O–H groups in total. The van der Waals surface area contributed by atoms with Crippen molar-refractivity contribution in [3.8, 4) is 0 Å². The van der Waals surface area contributed by atoms with E-state index in [1.54, 1.807) is 0 Å². The Hall–Kier alpha value is -1.86. The Balaban J connectivity index is 1.64. The van der Waals surface area contributed by atoms with Crippen molar-refractivity contribution in [2.24, 2.45) is 5.92 Å². The summed E-state index contributed by atoms with van der Waals surface area (Å²) in [7, 11) is 0. The van der Waals surface area contributed by atoms with Crippen LogP contribution in [-0.2, 0) is 6.42 Å². The molecule has 1 nitrogen and oxygen atoms in total. The lowest BCUT2D eigenvalue weighted by Crippen LogP contribution is -2.29. The molecule has 0 spiro atoms. The van der Waals surface area contributed by atoms with Crippen LogP contribution in [0.5, 0.6) is 0 Å². The van der Waals surface area contributed by atoms with Crippen LogP contribution in [0.2, 0.25) is 0 Å². The van der Waals surface area contributed by atoms with Crippen LogP contribution < -0.4 is 5.32 Å². The van der Waals surface area contributed by atoms with E-state index in [1.807, 2.05) is 0 Å². The Labute approximate surface area is 126 Å². The molecular formula is C20H21N. The number of nitrogens with one attached hydrogen (secondary N) is 1. The lowest BCUT2D eigenvalue weighted by Gasteiger charge is -2.20. The summed E-state index contributed by atoms with van der Waals surface area (Å²) in [6.07, 6.45) is 1.09. The predicted molar refractivity (Wildman–Crippen MR) is 88.4 cm³/mol. The van der Waals surface area contributed by atoms with E-state index >= 15 is 0 Å². The maximum atomic E-state index is 4.43. The summed E-state index contributed by atoms with van der Waals surface area (Å²) >= 11 is 0. The summed E-state index contributed by atoms with van der Waals surface area (Å²) in [5.74, 6) is 1.17. The summed E-state index contributed by atoms with van der Waals surface area (Å²) in [4.78, 5) is 0. The quantitative estimate of drug-likeness (QED) is 0.875. The van der Waals surface area contributed by atoms with Gasteiger partial charge in [0, 0.05) is 24.4 Å². The van der Waals surface area contributed by atoms with Gasteiger partial charge in [0.2, 0.25) is 0 Å². The van der Waals surface area contributed by atoms with E-state index < -0.39 is 0 Å². The van der Waals surface area contributed by atoms with E-state index in [1.165, 1.54) is 27.8 Å². The van der Waals surface area contributed by atoms with Crippen molar-refractivity contribution in [1.82, 2.24) is 5.32 Å². The first kappa shape index (κ1) is 12.8. The Kier molecular flexibility index (Phi) is 2.97. The van der Waals surface area contributed by atoms with Crippen molar-refractivity contribution in [1.29, 1.82) is 0 Å². The molecule has 2 aromatic carbocycles. The minimum absolute atomic E-state index is 0.512. The summed E-state index contributed by atoms with van der Waals surface area (Å²) < 4.78 is 0. The molecule has 1 heteroatoms. The molecule has 3 atom stereocenters. The van der Waals surface area contributed by atoms with E-state index in [2.05, 4.69) is 67.4 Å². The normalized spacial score (nSPS) is 26.7. The number of aryl methyl sites for hydroxylation is 1. The average Bonchev–Trinajstić information content (AvgIpc) is 3.01. The fraction of sp³-hybridized carbons (Fsp3) is 0.300. The van der Waals surface area contributed by atoms with Gasteiger partial charge < -0.3 is 5.32 Å². The van der Waals surface area contributed by atoms with Gasteiger partial charge in [-0.1, -0.05) is 60.7 Å². The Bertz CT molecular complexity index is 686. The Morgan fingerprint density at radius 3 is 2.76 bits per heavy atom. The van der Waals surface area contributed by atoms with Crippen LogP contribution in [0.15, 0.2) is 55.1 Å². The summed E-state index contributed by atoms with van der Waals surface area (Å²) in [5, 5.41) is 3.73. The highest BCUT2D eigenvalue weighted by molar-refractivity contribution is 5.76. The van der Waals surface area contributed by atoms with Crippen LogP contribution in [0.1, 0.15) is 28.2 Å². The van der Waals surface area contributed by atoms with Gasteiger partial charge in [-0.05, 0) is 35.6 Å². The van der Waals surface area contributed by atoms with Crippen LogP contribution in [0.25, 0.3) is 5.57 Å². The van der Waals surface area contributed by atoms with Crippen molar-refractivity contribution in [2.75, 3.05) is 6.54 Å². The van der Waals surface area contributed by atoms with Gasteiger partial charge in [-0.25, -0.2) is 0 Å². The first-order valence-electron chi connectivity index (χ1n) is 7.81. The molecule has 2 aliphatic rings. The van der Waals surface area contributed by atoms with Gasteiger partial charge in [-0.2, -0.15) is 0 Å². The standard InChI is InChI=1S/C20H21N/c1-13-8-9-16-17(10-13)14(2)20-18(16)12-21-19(20)11-15-6-4-3-5-7-15/h3-10,18-21H,2,11-12H2,1H3. The number of hydrogen-bond acceptors (Lipinski definition) is 1. The van der Waals surface area contributed by atoms with Crippen molar-refractivity contribution < 1.29 is 0 Å². The molecule has 1 saturated heterocycles. The Morgan fingerprint density at radius 1 is 1.14 bits per heavy atom. The smallest absolute Gasteiger partial charge is 0.0183 e. The van der Waals surface area contributed by atoms with Gasteiger partial charge in [0.15, 0.2) is 0 Å². The molecular weight excluding hydrogens is 254 g/mol. The summed E-state index contributed by atoms with van der Waals surface area (Å²) in [5.41, 5.74) is 6.99. The highest BCUT2D eigenvalue weighted by Crippen LogP contribution is 2.49. The molecule has 0 saturated carbocycles. The summed E-state index contributed by atoms with van der Waals surface area (Å²) in [6.45, 7) is 7.68. The molecule has 0 bridgehead atoms. The van der Waals surface area contributed by atoms with E-state index in [4.69, 9.17) is 0 Å². The molecule has 106 valence electrons. The lowest BCUT2D eigenvalue weighted by atomic mass is 9.86. The topological polar surface area (TPSA) is 12.0 Å². The van der Waals surface area contributed by atoms with Gasteiger partial charge in [0.25, 0.3) is 0 Å². The van der Waals surface area contributed by atoms with Gasteiger partial charge in [0.05, 0.1) is 0 Å². The minimum Gasteiger partial charge on any atom is -0.312 e. The minimum atomic E-state index is 0.512. The SMILES string of the molecule is C=C1c2cc(C)ccc2C2CNC(Cc3ccccc3)C12. The van der Waals surface area contributed by atoms with E-state index in [-0.39, 0.29) is 0 Å². The zero-order chi connectivity index (χ0) is 14.4. The molecule has 1 aliphatic heterocycles. The maximum absolute atomic E-state index is 4.43. The van der Waals surface area contributed by atoms with E-state index in [9.17, 15) is 0 Å². The molecule has 0 aromatic heterocycles. The molecule has 2 aromatic rings. The van der Waals surface area contributed by atoms with Crippen LogP contribution >= 0.6 is 0 Å². The summed E-state index contributed by atoms with van der Waals surface area (Å²) in [6, 6.07) is 18.2. The molecule has 21 heavy (non-hydrogen) atoms. The maximum Gasteiger partial charge on any atom is 0.0183 e. The van der Waals surface area contributed by atoms with Crippen LogP contribution in [0.3, 0.4) is 0 Å². The highest BCUT2D eigenvalue weighted by Gasteiger charge is 2.44. The van der Waals surface area contributed by atoms with Gasteiger partial charge in [-0.3, -0.25) is 0 Å². The fourth-order valence-corrected chi connectivity index (χ4v) is 4.12. The third-order valence-corrected chi connectivity index (χ3v) is 5.12. The number of fused-ring (bicyclic) bond motifs is 3. The zero-order valence-electron chi connectivity index (χ0n) is 12.5. The Morgan fingerprint density at radius 2 is 1.95 bits per heavy atom. The fourth-order valence-electron chi connectivity index (χ4n) is 4.12. The van der Waals surface area contributed by atoms with Crippen LogP contribution in [0.4, 0.5) is 0 Å². The van der Waals surface area contributed by atoms with Crippen molar-refractivity contribution in [3.63, 3.8) is 0 Å². The second kappa shape index (κ2) is 4.85. The van der Waals surface area contributed by atoms with Crippen molar-refractivity contribution in [2.45, 2.75) is 25.3 Å². The third-order valence-electron chi connectivity index (χ3n) is 5.12. The molecule has 1 aliphatic carbocycles. The molecule has 4 rings (SSSR count). The molecule has 0 radical (unpaired) electrons. The van der Waals surface area contributed by atoms with Crippen molar-refractivity contribution in [3.05, 3.63) is 77.4 Å². The number of rotatable bonds is 2. The third kappa shape index (κ3) is 2.04. The van der Waals surface area contributed by atoms with Gasteiger partial charge in [0.1, 0.15) is 0 Å². The van der Waals surface area contributed by atoms with Crippen LogP contribution in [0, 0.1) is 12.8 Å². The highest BCUT2D eigenvalue weighted by atomic mass is 15.0. The molecule has 0 amide bonds. The number of hydrogen-bond donors (Lipinski definition) is 1. The number of benzene rings is 2. The van der Waals surface area contributed by atoms with Gasteiger partial charge >= 0.3 is 0 Å². The monoisotopic (exact) mass is 275 g/mol. The average molecular weight is 275 g/mol. The predicted octanol–water partition coefficient (Wildman–Crippen LogP) is 3.94. The van der Waals surface area contributed by atoms with Gasteiger partial charge in [-0.15, -0.1) is 0 Å². The zero-order valence-corrected chi connectivity index (χ0v) is 12.5. The molecule has 1 heterocycles. The van der Waals surface area contributed by atoms with E-state index in [0.29, 0.717) is 17.9 Å². The van der Waals surface area contributed by atoms with Crippen LogP contribution in [-0.4, -0.2) is 12.6 Å². The second-order valence-corrected chi connectivity index (χ2v) is 6.45. The van der Waals surface area contributed by atoms with Crippen molar-refractivity contribution >= 4 is 5.57 Å². The first-order chi connectivity index (χ1) is 10.2. The largest absolute Gasteiger partial charge is 0.312 e. The second-order valence-electron chi connectivity index (χ2n) is 6.45. The van der Waals surface area contributed by atoms with E-state index in [0.717, 1.165) is 13.0 Å². The first-order valence-corrected chi connectivity index (χ1v) is 7.81.